The molecule has 0 saturated carbocycles. The number of anilines is 1. The molecule has 2 heterocycles. The summed E-state index contributed by atoms with van der Waals surface area (Å²) >= 11 is 18.7. The number of benzene rings is 2. The predicted octanol–water partition coefficient (Wildman–Crippen LogP) is 6.84. The predicted molar refractivity (Wildman–Crippen MR) is 132 cm³/mol. The maximum Gasteiger partial charge on any atom is 0.339 e. The molecular weight excluding hydrogens is 489 g/mol. The highest BCUT2D eigenvalue weighted by Crippen LogP contribution is 2.37. The normalized spacial score (nSPS) is 15.0. The number of thioether (sulfide) groups is 1. The number of ether oxygens (including phenoxy) is 1. The van der Waals surface area contributed by atoms with Gasteiger partial charge in [-0.1, -0.05) is 53.2 Å². The second kappa shape index (κ2) is 9.50. The van der Waals surface area contributed by atoms with Gasteiger partial charge in [-0.3, -0.25) is 9.69 Å². The van der Waals surface area contributed by atoms with Gasteiger partial charge in [-0.05, 0) is 55.5 Å². The van der Waals surface area contributed by atoms with Crippen molar-refractivity contribution >= 4 is 75.1 Å². The second-order valence-corrected chi connectivity index (χ2v) is 9.13. The Bertz CT molecular complexity index is 1270. The summed E-state index contributed by atoms with van der Waals surface area (Å²) in [4.78, 5) is 26.9. The number of rotatable bonds is 5. The molecular formula is C23H15Cl2NO4S2. The largest absolute Gasteiger partial charge is 0.462 e. The lowest BCUT2D eigenvalue weighted by molar-refractivity contribution is -0.113. The van der Waals surface area contributed by atoms with Crippen LogP contribution in [0.3, 0.4) is 0 Å². The van der Waals surface area contributed by atoms with Gasteiger partial charge in [0.05, 0.1) is 27.8 Å². The van der Waals surface area contributed by atoms with Gasteiger partial charge in [0.15, 0.2) is 4.32 Å². The topological polar surface area (TPSA) is 59.8 Å². The molecule has 1 aromatic heterocycles. The van der Waals surface area contributed by atoms with Gasteiger partial charge in [0, 0.05) is 16.7 Å². The highest BCUT2D eigenvalue weighted by molar-refractivity contribution is 8.27. The van der Waals surface area contributed by atoms with Gasteiger partial charge in [0.1, 0.15) is 11.5 Å². The van der Waals surface area contributed by atoms with E-state index >= 15 is 0 Å². The van der Waals surface area contributed by atoms with Crippen molar-refractivity contribution in [1.29, 1.82) is 0 Å². The molecule has 0 unspecified atom stereocenters. The molecule has 1 fully saturated rings. The average Bonchev–Trinajstić information content (AvgIpc) is 3.33. The first-order chi connectivity index (χ1) is 15.4. The molecule has 0 N–H and O–H groups in total. The molecule has 0 spiro atoms. The highest BCUT2D eigenvalue weighted by Gasteiger charge is 2.33. The second-order valence-electron chi connectivity index (χ2n) is 6.61. The number of esters is 1. The average molecular weight is 504 g/mol. The van der Waals surface area contributed by atoms with E-state index in [9.17, 15) is 9.59 Å². The van der Waals surface area contributed by atoms with Gasteiger partial charge in [-0.15, -0.1) is 0 Å². The first-order valence-corrected chi connectivity index (χ1v) is 11.5. The molecule has 32 heavy (non-hydrogen) atoms. The van der Waals surface area contributed by atoms with Crippen LogP contribution >= 0.6 is 47.2 Å². The van der Waals surface area contributed by atoms with Gasteiger partial charge < -0.3 is 9.15 Å². The fourth-order valence-electron chi connectivity index (χ4n) is 3.06. The monoisotopic (exact) mass is 503 g/mol. The summed E-state index contributed by atoms with van der Waals surface area (Å²) in [6.45, 7) is 1.97. The van der Waals surface area contributed by atoms with E-state index in [0.29, 0.717) is 42.0 Å². The van der Waals surface area contributed by atoms with Crippen LogP contribution in [0.1, 0.15) is 23.0 Å². The first kappa shape index (κ1) is 22.6. The number of thiocarbonyl (C=S) groups is 1. The fourth-order valence-corrected chi connectivity index (χ4v) is 4.72. The molecule has 5 nitrogen and oxygen atoms in total. The van der Waals surface area contributed by atoms with Gasteiger partial charge in [-0.25, -0.2) is 4.79 Å². The zero-order valence-electron chi connectivity index (χ0n) is 16.6. The Morgan fingerprint density at radius 2 is 2.00 bits per heavy atom. The van der Waals surface area contributed by atoms with Crippen LogP contribution in [0.5, 0.6) is 0 Å². The summed E-state index contributed by atoms with van der Waals surface area (Å²) in [5.41, 5.74) is 1.52. The van der Waals surface area contributed by atoms with Crippen molar-refractivity contribution in [3.05, 3.63) is 80.9 Å². The molecule has 0 aliphatic carbocycles. The number of amides is 1. The van der Waals surface area contributed by atoms with Crippen molar-refractivity contribution in [2.45, 2.75) is 6.92 Å². The summed E-state index contributed by atoms with van der Waals surface area (Å²) in [5, 5.41) is 0.810. The third kappa shape index (κ3) is 4.61. The third-order valence-corrected chi connectivity index (χ3v) is 6.37. The minimum atomic E-state index is -0.504. The Balaban J connectivity index is 1.60. The van der Waals surface area contributed by atoms with E-state index in [4.69, 9.17) is 44.6 Å². The maximum atomic E-state index is 12.9. The van der Waals surface area contributed by atoms with E-state index in [2.05, 4.69) is 0 Å². The quantitative estimate of drug-likeness (QED) is 0.216. The highest BCUT2D eigenvalue weighted by atomic mass is 35.5. The van der Waals surface area contributed by atoms with Crippen LogP contribution in [0, 0.1) is 0 Å². The number of hydrogen-bond donors (Lipinski definition) is 0. The van der Waals surface area contributed by atoms with E-state index in [1.54, 1.807) is 67.6 Å². The minimum Gasteiger partial charge on any atom is -0.462 e. The molecule has 1 aliphatic rings. The minimum absolute atomic E-state index is 0.248. The van der Waals surface area contributed by atoms with Crippen molar-refractivity contribution in [3.63, 3.8) is 0 Å². The lowest BCUT2D eigenvalue weighted by Crippen LogP contribution is -2.27. The lowest BCUT2D eigenvalue weighted by Gasteiger charge is -2.14. The SMILES string of the molecule is CCOC(=O)c1cc(-c2ccc(/C=C3\SC(=S)N(c4cccc(Cl)c4)C3=O)o2)ccc1Cl. The summed E-state index contributed by atoms with van der Waals surface area (Å²) < 4.78 is 11.3. The number of halogens is 2. The summed E-state index contributed by atoms with van der Waals surface area (Å²) in [5.74, 6) is 0.232. The van der Waals surface area contributed by atoms with Gasteiger partial charge in [0.2, 0.25) is 0 Å². The Labute approximate surface area is 203 Å². The summed E-state index contributed by atoms with van der Waals surface area (Å²) in [6, 6.07) is 15.4. The number of furan rings is 1. The van der Waals surface area contributed by atoms with E-state index in [1.807, 2.05) is 0 Å². The van der Waals surface area contributed by atoms with Crippen LogP contribution < -0.4 is 4.90 Å². The molecule has 0 atom stereocenters. The smallest absolute Gasteiger partial charge is 0.339 e. The molecule has 9 heteroatoms. The van der Waals surface area contributed by atoms with Crippen LogP contribution in [0.2, 0.25) is 10.0 Å². The fraction of sp³-hybridized carbons (Fsp3) is 0.0870. The first-order valence-electron chi connectivity index (χ1n) is 9.47. The van der Waals surface area contributed by atoms with E-state index in [0.717, 1.165) is 0 Å². The van der Waals surface area contributed by atoms with E-state index in [-0.39, 0.29) is 18.1 Å². The van der Waals surface area contributed by atoms with Crippen LogP contribution in [-0.4, -0.2) is 22.8 Å². The van der Waals surface area contributed by atoms with Crippen molar-refractivity contribution in [3.8, 4) is 11.3 Å². The molecule has 2 aromatic carbocycles. The van der Waals surface area contributed by atoms with Crippen LogP contribution in [0.4, 0.5) is 5.69 Å². The van der Waals surface area contributed by atoms with Crippen LogP contribution in [0.25, 0.3) is 17.4 Å². The summed E-state index contributed by atoms with van der Waals surface area (Å²) in [6.07, 6.45) is 1.63. The molecule has 4 rings (SSSR count). The molecule has 1 aliphatic heterocycles. The van der Waals surface area contributed by atoms with E-state index in [1.165, 1.54) is 16.7 Å². The van der Waals surface area contributed by atoms with Crippen molar-refractivity contribution in [2.24, 2.45) is 0 Å². The maximum absolute atomic E-state index is 12.9. The Morgan fingerprint density at radius 3 is 2.75 bits per heavy atom. The van der Waals surface area contributed by atoms with Crippen molar-refractivity contribution in [1.82, 2.24) is 0 Å². The number of nitrogens with zero attached hydrogens (tertiary/aromatic N) is 1. The Hall–Kier alpha value is -2.58. The standard InChI is InChI=1S/C23H15Cl2NO4S2/c1-2-29-22(28)17-10-13(6-8-18(17)25)19-9-7-16(30-19)12-20-21(27)26(23(31)32-20)15-5-3-4-14(24)11-15/h3-12H,2H2,1H3/b20-12-. The number of carbonyl (C=O) groups excluding carboxylic acids is 2. The van der Waals surface area contributed by atoms with Gasteiger partial charge in [-0.2, -0.15) is 0 Å². The number of carbonyl (C=O) groups is 2. The third-order valence-electron chi connectivity index (χ3n) is 4.51. The molecule has 0 radical (unpaired) electrons. The molecule has 1 saturated heterocycles. The Kier molecular flexibility index (Phi) is 6.71. The zero-order chi connectivity index (χ0) is 22.8. The molecule has 0 bridgehead atoms. The molecule has 162 valence electrons. The molecule has 1 amide bonds. The van der Waals surface area contributed by atoms with Gasteiger partial charge >= 0.3 is 5.97 Å². The molecule has 3 aromatic rings. The zero-order valence-corrected chi connectivity index (χ0v) is 19.8. The van der Waals surface area contributed by atoms with Crippen LogP contribution in [0.15, 0.2) is 63.9 Å². The van der Waals surface area contributed by atoms with Crippen molar-refractivity contribution in [2.75, 3.05) is 11.5 Å². The van der Waals surface area contributed by atoms with Crippen molar-refractivity contribution < 1.29 is 18.7 Å². The number of hydrogen-bond acceptors (Lipinski definition) is 6. The Morgan fingerprint density at radius 1 is 1.19 bits per heavy atom. The van der Waals surface area contributed by atoms with Gasteiger partial charge in [0.25, 0.3) is 5.91 Å². The lowest BCUT2D eigenvalue weighted by atomic mass is 10.1. The summed E-state index contributed by atoms with van der Waals surface area (Å²) in [7, 11) is 0. The van der Waals surface area contributed by atoms with Crippen LogP contribution in [-0.2, 0) is 9.53 Å². The van der Waals surface area contributed by atoms with E-state index < -0.39 is 5.97 Å².